The van der Waals surface area contributed by atoms with Crippen molar-refractivity contribution >= 4 is 32.5 Å². The summed E-state index contributed by atoms with van der Waals surface area (Å²) in [5, 5.41) is 1.76. The van der Waals surface area contributed by atoms with Gasteiger partial charge in [-0.2, -0.15) is 0 Å². The van der Waals surface area contributed by atoms with Gasteiger partial charge >= 0.3 is 5.97 Å². The van der Waals surface area contributed by atoms with Crippen molar-refractivity contribution in [2.24, 2.45) is 0 Å². The summed E-state index contributed by atoms with van der Waals surface area (Å²) in [4.78, 5) is 12.1. The maximum Gasteiger partial charge on any atom is 0.326 e. The monoisotopic (exact) mass is 397 g/mol. The van der Waals surface area contributed by atoms with Crippen molar-refractivity contribution in [2.45, 2.75) is 24.7 Å². The number of esters is 1. The third-order valence-electron chi connectivity index (χ3n) is 4.66. The highest BCUT2D eigenvalue weighted by molar-refractivity contribution is 7.92. The molecule has 0 fully saturated rings. The van der Waals surface area contributed by atoms with Crippen LogP contribution in [-0.2, 0) is 19.6 Å². The number of ether oxygens (including phenoxy) is 1. The molecule has 0 saturated heterocycles. The fourth-order valence-electron chi connectivity index (χ4n) is 2.98. The van der Waals surface area contributed by atoms with Crippen molar-refractivity contribution in [1.82, 2.24) is 0 Å². The number of hydrogen-bond donors (Lipinski definition) is 0. The van der Waals surface area contributed by atoms with Gasteiger partial charge in [0.25, 0.3) is 10.0 Å². The first kappa shape index (κ1) is 19.9. The van der Waals surface area contributed by atoms with Crippen LogP contribution in [0, 0.1) is 0 Å². The zero-order valence-corrected chi connectivity index (χ0v) is 16.9. The van der Waals surface area contributed by atoms with Gasteiger partial charge < -0.3 is 4.74 Å². The highest BCUT2D eigenvalue weighted by Crippen LogP contribution is 2.27. The Balaban J connectivity index is 2.07. The standard InChI is InChI=1S/C22H23NO4S/c1-16(2)17-8-11-20(12-9-17)23(15-22(24)27-3)28(25,26)21-13-10-18-6-4-5-7-19(18)14-21/h4-14,16H,15H2,1-3H3. The summed E-state index contributed by atoms with van der Waals surface area (Å²) in [6, 6.07) is 19.7. The fourth-order valence-corrected chi connectivity index (χ4v) is 4.42. The summed E-state index contributed by atoms with van der Waals surface area (Å²) in [7, 11) is -2.71. The molecule has 0 amide bonds. The van der Waals surface area contributed by atoms with Crippen LogP contribution in [0.1, 0.15) is 25.3 Å². The van der Waals surface area contributed by atoms with Crippen LogP contribution in [0.25, 0.3) is 10.8 Å². The van der Waals surface area contributed by atoms with Gasteiger partial charge in [0.15, 0.2) is 0 Å². The van der Waals surface area contributed by atoms with Crippen molar-refractivity contribution in [1.29, 1.82) is 0 Å². The summed E-state index contributed by atoms with van der Waals surface area (Å²) in [6.45, 7) is 3.73. The van der Waals surface area contributed by atoms with E-state index in [-0.39, 0.29) is 4.90 Å². The summed E-state index contributed by atoms with van der Waals surface area (Å²) < 4.78 is 32.5. The second-order valence-electron chi connectivity index (χ2n) is 6.84. The third-order valence-corrected chi connectivity index (χ3v) is 6.43. The van der Waals surface area contributed by atoms with Crippen molar-refractivity contribution in [2.75, 3.05) is 18.0 Å². The molecule has 3 aromatic rings. The van der Waals surface area contributed by atoms with Gasteiger partial charge in [-0.05, 0) is 46.5 Å². The van der Waals surface area contributed by atoms with E-state index < -0.39 is 22.5 Å². The van der Waals surface area contributed by atoms with Crippen molar-refractivity contribution in [3.63, 3.8) is 0 Å². The number of rotatable bonds is 6. The van der Waals surface area contributed by atoms with Crippen molar-refractivity contribution < 1.29 is 17.9 Å². The molecule has 5 nitrogen and oxygen atoms in total. The van der Waals surface area contributed by atoms with Crippen LogP contribution >= 0.6 is 0 Å². The predicted molar refractivity (Wildman–Crippen MR) is 111 cm³/mol. The number of methoxy groups -OCH3 is 1. The molecule has 28 heavy (non-hydrogen) atoms. The molecule has 0 heterocycles. The first-order chi connectivity index (χ1) is 13.3. The average molecular weight is 397 g/mol. The van der Waals surface area contributed by atoms with Gasteiger partial charge in [-0.15, -0.1) is 0 Å². The Morgan fingerprint density at radius 2 is 1.61 bits per heavy atom. The number of anilines is 1. The minimum atomic E-state index is -3.95. The molecule has 0 saturated carbocycles. The molecule has 3 aromatic carbocycles. The first-order valence-corrected chi connectivity index (χ1v) is 10.5. The molecule has 0 unspecified atom stereocenters. The fraction of sp³-hybridized carbons (Fsp3) is 0.227. The van der Waals surface area contributed by atoms with Crippen LogP contribution in [-0.4, -0.2) is 28.0 Å². The van der Waals surface area contributed by atoms with E-state index in [1.807, 2.05) is 36.4 Å². The topological polar surface area (TPSA) is 63.7 Å². The lowest BCUT2D eigenvalue weighted by Crippen LogP contribution is -2.36. The lowest BCUT2D eigenvalue weighted by atomic mass is 10.0. The summed E-state index contributed by atoms with van der Waals surface area (Å²) in [6.07, 6.45) is 0. The van der Waals surface area contributed by atoms with Crippen molar-refractivity contribution in [3.05, 3.63) is 72.3 Å². The Kier molecular flexibility index (Phi) is 5.70. The highest BCUT2D eigenvalue weighted by Gasteiger charge is 2.27. The third kappa shape index (κ3) is 4.02. The van der Waals surface area contributed by atoms with Crippen molar-refractivity contribution in [3.8, 4) is 0 Å². The van der Waals surface area contributed by atoms with E-state index >= 15 is 0 Å². The van der Waals surface area contributed by atoms with Gasteiger partial charge in [-0.1, -0.05) is 56.3 Å². The zero-order valence-electron chi connectivity index (χ0n) is 16.1. The number of carbonyl (C=O) groups excluding carboxylic acids is 1. The average Bonchev–Trinajstić information content (AvgIpc) is 2.71. The Hall–Kier alpha value is -2.86. The van der Waals surface area contributed by atoms with Crippen LogP contribution in [0.5, 0.6) is 0 Å². The Bertz CT molecular complexity index is 1090. The van der Waals surface area contributed by atoms with E-state index in [1.54, 1.807) is 30.3 Å². The largest absolute Gasteiger partial charge is 0.468 e. The molecule has 0 bridgehead atoms. The van der Waals surface area contributed by atoms with Gasteiger partial charge in [-0.3, -0.25) is 9.10 Å². The summed E-state index contributed by atoms with van der Waals surface area (Å²) >= 11 is 0. The SMILES string of the molecule is COC(=O)CN(c1ccc(C(C)C)cc1)S(=O)(=O)c1ccc2ccccc2c1. The van der Waals surface area contributed by atoms with Crippen LogP contribution in [0.15, 0.2) is 71.6 Å². The second kappa shape index (κ2) is 8.02. The van der Waals surface area contributed by atoms with E-state index in [1.165, 1.54) is 7.11 Å². The number of benzene rings is 3. The number of nitrogens with zero attached hydrogens (tertiary/aromatic N) is 1. The normalized spacial score (nSPS) is 11.6. The lowest BCUT2D eigenvalue weighted by molar-refractivity contribution is -0.138. The maximum absolute atomic E-state index is 13.4. The van der Waals surface area contributed by atoms with Crippen LogP contribution in [0.4, 0.5) is 5.69 Å². The van der Waals surface area contributed by atoms with Crippen LogP contribution in [0.2, 0.25) is 0 Å². The highest BCUT2D eigenvalue weighted by atomic mass is 32.2. The van der Waals surface area contributed by atoms with E-state index in [4.69, 9.17) is 4.74 Å². The van der Waals surface area contributed by atoms with Gasteiger partial charge in [-0.25, -0.2) is 8.42 Å². The molecule has 146 valence electrons. The molecule has 3 rings (SSSR count). The lowest BCUT2D eigenvalue weighted by Gasteiger charge is -2.24. The number of fused-ring (bicyclic) bond motifs is 1. The van der Waals surface area contributed by atoms with E-state index in [0.29, 0.717) is 11.6 Å². The molecular formula is C22H23NO4S. The predicted octanol–water partition coefficient (Wildman–Crippen LogP) is 4.33. The molecule has 0 aromatic heterocycles. The number of carbonyl (C=O) groups is 1. The minimum absolute atomic E-state index is 0.128. The van der Waals surface area contributed by atoms with Gasteiger partial charge in [0.2, 0.25) is 0 Å². The Morgan fingerprint density at radius 3 is 2.21 bits per heavy atom. The smallest absolute Gasteiger partial charge is 0.326 e. The zero-order chi connectivity index (χ0) is 20.3. The maximum atomic E-state index is 13.4. The molecule has 0 spiro atoms. The molecule has 6 heteroatoms. The molecular weight excluding hydrogens is 374 g/mol. The Morgan fingerprint density at radius 1 is 0.964 bits per heavy atom. The van der Waals surface area contributed by atoms with Crippen LogP contribution in [0.3, 0.4) is 0 Å². The molecule has 0 N–H and O–H groups in total. The molecule has 0 aliphatic carbocycles. The van der Waals surface area contributed by atoms with Gasteiger partial charge in [0, 0.05) is 0 Å². The van der Waals surface area contributed by atoms with Gasteiger partial charge in [0.05, 0.1) is 17.7 Å². The Labute approximate surface area is 165 Å². The molecule has 0 radical (unpaired) electrons. The number of hydrogen-bond acceptors (Lipinski definition) is 4. The minimum Gasteiger partial charge on any atom is -0.468 e. The first-order valence-electron chi connectivity index (χ1n) is 9.01. The summed E-state index contributed by atoms with van der Waals surface area (Å²) in [5.74, 6) is -0.308. The molecule has 0 atom stereocenters. The summed E-state index contributed by atoms with van der Waals surface area (Å²) in [5.41, 5.74) is 1.51. The van der Waals surface area contributed by atoms with Gasteiger partial charge in [0.1, 0.15) is 6.54 Å². The molecule has 0 aliphatic heterocycles. The second-order valence-corrected chi connectivity index (χ2v) is 8.71. The van der Waals surface area contributed by atoms with Crippen LogP contribution < -0.4 is 4.31 Å². The molecule has 0 aliphatic rings. The van der Waals surface area contributed by atoms with E-state index in [2.05, 4.69) is 13.8 Å². The number of sulfonamides is 1. The van der Waals surface area contributed by atoms with E-state index in [9.17, 15) is 13.2 Å². The quantitative estimate of drug-likeness (QED) is 0.581. The van der Waals surface area contributed by atoms with E-state index in [0.717, 1.165) is 20.6 Å².